The number of para-hydroxylation sites is 1. The normalized spacial score (nSPS) is 24.5. The van der Waals surface area contributed by atoms with Crippen LogP contribution < -0.4 is 14.5 Å². The molecule has 16 heteroatoms. The number of aliphatic hydroxyl groups is 1. The van der Waals surface area contributed by atoms with Crippen LogP contribution >= 0.6 is 18.2 Å². The third-order valence-corrected chi connectivity index (χ3v) is 9.34. The Kier molecular flexibility index (Phi) is 10.1. The van der Waals surface area contributed by atoms with Crippen LogP contribution in [0.1, 0.15) is 32.8 Å². The number of esters is 1. The number of aliphatic hydroxyl groups excluding tert-OH is 1. The van der Waals surface area contributed by atoms with Crippen molar-refractivity contribution in [2.75, 3.05) is 31.5 Å². The highest BCUT2D eigenvalue weighted by Crippen LogP contribution is 2.49. The number of nitrogens with zero attached hydrogens (tertiary/aromatic N) is 5. The van der Waals surface area contributed by atoms with Crippen LogP contribution in [0, 0.1) is 6.92 Å². The minimum Gasteiger partial charge on any atom is -0.462 e. The summed E-state index contributed by atoms with van der Waals surface area (Å²) < 4.78 is 40.7. The molecule has 2 N–H and O–H groups in total. The molecule has 3 aromatic rings. The van der Waals surface area contributed by atoms with Crippen molar-refractivity contribution in [2.45, 2.75) is 63.9 Å². The van der Waals surface area contributed by atoms with Gasteiger partial charge in [0.1, 0.15) is 29.3 Å². The number of imidazole rings is 1. The van der Waals surface area contributed by atoms with Crippen LogP contribution in [-0.4, -0.2) is 87.2 Å². The fourth-order valence-corrected chi connectivity index (χ4v) is 7.07. The Morgan fingerprint density at radius 3 is 2.62 bits per heavy atom. The number of carbonyl (C=O) groups excluding carboxylic acids is 1. The van der Waals surface area contributed by atoms with Gasteiger partial charge in [0.2, 0.25) is 0 Å². The van der Waals surface area contributed by atoms with Crippen LogP contribution in [0.5, 0.6) is 5.75 Å². The number of hydrogen-bond donors (Lipinski definition) is 2. The largest absolute Gasteiger partial charge is 0.462 e. The van der Waals surface area contributed by atoms with E-state index in [2.05, 4.69) is 20.0 Å². The molecule has 2 aromatic heterocycles. The number of fused-ring (bicyclic) bond motifs is 1. The molecule has 1 aliphatic heterocycles. The summed E-state index contributed by atoms with van der Waals surface area (Å²) in [7, 11) is 3.62. The van der Waals surface area contributed by atoms with E-state index in [9.17, 15) is 9.90 Å². The number of rotatable bonds is 12. The average Bonchev–Trinajstić information content (AvgIpc) is 3.45. The van der Waals surface area contributed by atoms with Crippen LogP contribution in [0.2, 0.25) is 0 Å². The zero-order valence-corrected chi connectivity index (χ0v) is 26.6. The highest BCUT2D eigenvalue weighted by atomic mass is 35.5. The quantitative estimate of drug-likeness (QED) is 0.169. The molecule has 3 heterocycles. The first kappa shape index (κ1) is 32.5. The van der Waals surface area contributed by atoms with Crippen LogP contribution in [0.25, 0.3) is 11.2 Å². The van der Waals surface area contributed by atoms with Crippen LogP contribution in [0.4, 0.5) is 10.2 Å². The van der Waals surface area contributed by atoms with Gasteiger partial charge in [0.25, 0.3) is 0 Å². The van der Waals surface area contributed by atoms with Gasteiger partial charge in [-0.3, -0.25) is 9.36 Å². The molecule has 0 saturated carbocycles. The number of carbonyl (C=O) groups is 1. The number of benzene rings is 1. The van der Waals surface area contributed by atoms with E-state index in [-0.39, 0.29) is 12.0 Å². The molecule has 0 radical (unpaired) electrons. The molecule has 0 amide bonds. The zero-order chi connectivity index (χ0) is 30.8. The van der Waals surface area contributed by atoms with Gasteiger partial charge in [-0.2, -0.15) is 0 Å². The third-order valence-electron chi connectivity index (χ3n) is 6.41. The molecule has 1 fully saturated rings. The molecule has 4 rings (SSSR count). The topological polar surface area (TPSA) is 133 Å². The molecule has 1 saturated heterocycles. The first-order valence-corrected chi connectivity index (χ1v) is 16.4. The number of anilines is 1. The first-order chi connectivity index (χ1) is 19.8. The Morgan fingerprint density at radius 1 is 1.31 bits per heavy atom. The number of nitrogens with one attached hydrogen (secondary N) is 1. The minimum atomic E-state index is -3.53. The lowest BCUT2D eigenvalue weighted by molar-refractivity contribution is -0.149. The van der Waals surface area contributed by atoms with Gasteiger partial charge < -0.3 is 28.5 Å². The Morgan fingerprint density at radius 2 is 2.00 bits per heavy atom. The molecule has 1 aromatic carbocycles. The maximum atomic E-state index is 15.8. The molecule has 12 nitrogen and oxygen atoms in total. The summed E-state index contributed by atoms with van der Waals surface area (Å²) in [5, 5.41) is 14.0. The maximum Gasteiger partial charge on any atom is 0.323 e. The van der Waals surface area contributed by atoms with E-state index < -0.39 is 49.4 Å². The molecule has 0 bridgehead atoms. The van der Waals surface area contributed by atoms with Crippen molar-refractivity contribution in [1.29, 1.82) is 0 Å². The summed E-state index contributed by atoms with van der Waals surface area (Å²) in [4.78, 5) is 27.6. The van der Waals surface area contributed by atoms with Crippen molar-refractivity contribution in [1.82, 2.24) is 24.6 Å². The maximum absolute atomic E-state index is 15.8. The summed E-state index contributed by atoms with van der Waals surface area (Å²) in [5.41, 5.74) is -0.968. The Labute approximate surface area is 253 Å². The van der Waals surface area contributed by atoms with Gasteiger partial charge in [0.15, 0.2) is 29.4 Å². The third kappa shape index (κ3) is 6.85. The van der Waals surface area contributed by atoms with Crippen molar-refractivity contribution in [3.63, 3.8) is 0 Å². The van der Waals surface area contributed by atoms with Gasteiger partial charge >= 0.3 is 12.6 Å². The number of halogens is 2. The number of alkyl halides is 2. The second-order valence-electron chi connectivity index (χ2n) is 10.4. The summed E-state index contributed by atoms with van der Waals surface area (Å²) in [6.45, 7) is 2.74. The summed E-state index contributed by atoms with van der Waals surface area (Å²) in [6, 6.07) is 7.73. The van der Waals surface area contributed by atoms with Crippen molar-refractivity contribution in [3.8, 4) is 5.75 Å². The fourth-order valence-electron chi connectivity index (χ4n) is 4.33. The van der Waals surface area contributed by atoms with Gasteiger partial charge in [0.05, 0.1) is 24.9 Å². The highest BCUT2D eigenvalue weighted by molar-refractivity contribution is 8.09. The number of aromatic nitrogens is 4. The smallest absolute Gasteiger partial charge is 0.323 e. The van der Waals surface area contributed by atoms with Gasteiger partial charge in [0, 0.05) is 14.1 Å². The van der Waals surface area contributed by atoms with E-state index in [0.29, 0.717) is 28.6 Å². The van der Waals surface area contributed by atoms with E-state index in [1.165, 1.54) is 10.9 Å². The predicted molar refractivity (Wildman–Crippen MR) is 160 cm³/mol. The fraction of sp³-hybridized carbons (Fsp3) is 0.538. The Bertz CT molecular complexity index is 1450. The van der Waals surface area contributed by atoms with E-state index in [4.69, 9.17) is 41.9 Å². The average molecular weight is 645 g/mol. The number of aryl methyl sites for hydroxylation is 1. The number of ether oxygens (including phenoxy) is 2. The van der Waals surface area contributed by atoms with Gasteiger partial charge in [-0.05, 0) is 51.6 Å². The van der Waals surface area contributed by atoms with Gasteiger partial charge in [-0.1, -0.05) is 18.2 Å². The van der Waals surface area contributed by atoms with Crippen molar-refractivity contribution in [3.05, 3.63) is 42.5 Å². The predicted octanol–water partition coefficient (Wildman–Crippen LogP) is 3.66. The lowest BCUT2D eigenvalue weighted by atomic mass is 9.99. The standard InChI is InChI=1S/C26H35ClFN6O6PS/c1-15(2)38-25(36)16(3)32-41(42,40-18-10-8-7-9-11-18)37-13-26(12-27)21(35)19(28)24(39-26)34-14-29-20-22(33(5)6)30-17(4)31-23(20)34/h7-11,14-16,19,21,24,35H,12-13H2,1-6H3,(H,32,42)/t16-,19-,21-,24+,26+,41?/m0/s1. The highest BCUT2D eigenvalue weighted by Gasteiger charge is 2.57. The molecule has 0 aliphatic carbocycles. The van der Waals surface area contributed by atoms with Crippen LogP contribution in [0.15, 0.2) is 36.7 Å². The molecular weight excluding hydrogens is 610 g/mol. The molecular formula is C26H35ClFN6O6PS. The van der Waals surface area contributed by atoms with E-state index in [1.807, 2.05) is 14.1 Å². The molecule has 6 atom stereocenters. The van der Waals surface area contributed by atoms with E-state index >= 15 is 4.39 Å². The van der Waals surface area contributed by atoms with Gasteiger partial charge in [-0.25, -0.2) is 24.4 Å². The van der Waals surface area contributed by atoms with E-state index in [1.54, 1.807) is 62.9 Å². The molecule has 230 valence electrons. The van der Waals surface area contributed by atoms with Crippen molar-refractivity contribution < 1.29 is 32.8 Å². The molecule has 42 heavy (non-hydrogen) atoms. The van der Waals surface area contributed by atoms with Crippen LogP contribution in [-0.2, 0) is 30.6 Å². The number of hydrogen-bond acceptors (Lipinski definition) is 11. The molecule has 0 spiro atoms. The van der Waals surface area contributed by atoms with Crippen molar-refractivity contribution in [2.24, 2.45) is 0 Å². The Hall–Kier alpha value is -2.45. The first-order valence-electron chi connectivity index (χ1n) is 13.2. The van der Waals surface area contributed by atoms with Crippen LogP contribution in [0.3, 0.4) is 0 Å². The SMILES string of the molecule is Cc1nc(N(C)C)c2ncn([C@@H]3O[C@](CCl)(COP(=S)(N[C@@H](C)C(=O)OC(C)C)Oc4ccccc4)[C@@H](O)[C@@H]3F)c2n1. The van der Waals surface area contributed by atoms with Gasteiger partial charge in [-0.15, -0.1) is 11.6 Å². The monoisotopic (exact) mass is 644 g/mol. The summed E-state index contributed by atoms with van der Waals surface area (Å²) in [5.74, 6) is 0.466. The van der Waals surface area contributed by atoms with Crippen molar-refractivity contribution >= 4 is 53.0 Å². The summed E-state index contributed by atoms with van der Waals surface area (Å²) in [6.07, 6.45) is -3.94. The lowest BCUT2D eigenvalue weighted by Gasteiger charge is -2.33. The van der Waals surface area contributed by atoms with E-state index in [0.717, 1.165) is 0 Å². The molecule has 1 unspecified atom stereocenters. The summed E-state index contributed by atoms with van der Waals surface area (Å²) >= 11 is 12.1. The lowest BCUT2D eigenvalue weighted by Crippen LogP contribution is -2.48. The second-order valence-corrected chi connectivity index (χ2v) is 13.8. The Balaban J connectivity index is 1.62. The molecule has 1 aliphatic rings. The zero-order valence-electron chi connectivity index (χ0n) is 24.1. The second kappa shape index (κ2) is 13.0. The minimum absolute atomic E-state index is 0.328.